The van der Waals surface area contributed by atoms with E-state index in [9.17, 15) is 4.79 Å². The number of nitrogens with one attached hydrogen (secondary N) is 1. The van der Waals surface area contributed by atoms with Gasteiger partial charge >= 0.3 is 0 Å². The van der Waals surface area contributed by atoms with Gasteiger partial charge in [-0.05, 0) is 36.5 Å². The number of rotatable bonds is 2. The first kappa shape index (κ1) is 12.9. The Kier molecular flexibility index (Phi) is 2.88. The summed E-state index contributed by atoms with van der Waals surface area (Å²) in [4.78, 5) is 14.4. The highest BCUT2D eigenvalue weighted by molar-refractivity contribution is 6.30. The van der Waals surface area contributed by atoms with E-state index in [1.165, 1.54) is 0 Å². The number of amides is 1. The van der Waals surface area contributed by atoms with Crippen LogP contribution in [0.25, 0.3) is 0 Å². The first-order chi connectivity index (χ1) is 8.90. The highest BCUT2D eigenvalue weighted by Gasteiger charge is 2.55. The van der Waals surface area contributed by atoms with Gasteiger partial charge in [0.1, 0.15) is 6.17 Å². The van der Waals surface area contributed by atoms with Crippen molar-refractivity contribution in [2.75, 3.05) is 0 Å². The van der Waals surface area contributed by atoms with Gasteiger partial charge in [0.2, 0.25) is 5.91 Å². The molecule has 0 spiro atoms. The summed E-state index contributed by atoms with van der Waals surface area (Å²) in [6.07, 6.45) is 1.03. The Balaban J connectivity index is 1.93. The number of nitrogens with zero attached hydrogens (tertiary/aromatic N) is 1. The molecule has 1 saturated carbocycles. The van der Waals surface area contributed by atoms with Crippen molar-refractivity contribution in [1.29, 1.82) is 0 Å². The lowest BCUT2D eigenvalue weighted by Crippen LogP contribution is -2.34. The zero-order valence-corrected chi connectivity index (χ0v) is 12.2. The molecule has 4 heteroatoms. The average Bonchev–Trinajstić information content (AvgIpc) is 2.85. The largest absolute Gasteiger partial charge is 0.318 e. The van der Waals surface area contributed by atoms with E-state index in [2.05, 4.69) is 19.2 Å². The van der Waals surface area contributed by atoms with E-state index in [0.717, 1.165) is 12.0 Å². The lowest BCUT2D eigenvalue weighted by molar-refractivity contribution is -0.130. The molecule has 3 nitrogen and oxygen atoms in total. The van der Waals surface area contributed by atoms with Gasteiger partial charge < -0.3 is 4.90 Å². The van der Waals surface area contributed by atoms with E-state index >= 15 is 0 Å². The Labute approximate surface area is 118 Å². The van der Waals surface area contributed by atoms with Gasteiger partial charge in [0, 0.05) is 11.1 Å². The number of carbonyl (C=O) groups is 1. The zero-order chi connectivity index (χ0) is 13.8. The molecule has 1 aliphatic carbocycles. The number of benzene rings is 1. The highest BCUT2D eigenvalue weighted by atomic mass is 35.5. The second kappa shape index (κ2) is 4.22. The molecule has 2 aliphatic rings. The summed E-state index contributed by atoms with van der Waals surface area (Å²) in [6.45, 7) is 6.35. The van der Waals surface area contributed by atoms with Gasteiger partial charge in [-0.25, -0.2) is 0 Å². The summed E-state index contributed by atoms with van der Waals surface area (Å²) >= 11 is 6.06. The van der Waals surface area contributed by atoms with E-state index in [4.69, 9.17) is 11.6 Å². The summed E-state index contributed by atoms with van der Waals surface area (Å²) < 4.78 is 0. The molecule has 1 aliphatic heterocycles. The van der Waals surface area contributed by atoms with Crippen LogP contribution in [0.3, 0.4) is 0 Å². The van der Waals surface area contributed by atoms with Crippen LogP contribution >= 0.6 is 11.6 Å². The van der Waals surface area contributed by atoms with Crippen molar-refractivity contribution in [3.63, 3.8) is 0 Å². The molecule has 19 heavy (non-hydrogen) atoms. The maximum atomic E-state index is 12.4. The number of halogens is 1. The van der Waals surface area contributed by atoms with Gasteiger partial charge in [-0.2, -0.15) is 0 Å². The first-order valence-corrected chi connectivity index (χ1v) is 7.11. The van der Waals surface area contributed by atoms with Crippen LogP contribution in [0, 0.1) is 5.41 Å². The van der Waals surface area contributed by atoms with Crippen LogP contribution in [0.5, 0.6) is 0 Å². The molecule has 0 radical (unpaired) electrons. The minimum absolute atomic E-state index is 0.0482. The van der Waals surface area contributed by atoms with Crippen molar-refractivity contribution in [1.82, 2.24) is 10.2 Å². The standard InChI is InChI=1S/C15H19ClN2O/c1-9-14(19)18(12-8-15(12,2)3)13(17-9)10-5-4-6-11(16)7-10/h4-7,9,12-13,17H,8H2,1-3H3. The van der Waals surface area contributed by atoms with Crippen LogP contribution in [0.15, 0.2) is 24.3 Å². The summed E-state index contributed by atoms with van der Waals surface area (Å²) in [5.74, 6) is 0.195. The SMILES string of the molecule is CC1NC(c2cccc(Cl)c2)N(C2CC2(C)C)C1=O. The maximum absolute atomic E-state index is 12.4. The average molecular weight is 279 g/mol. The zero-order valence-electron chi connectivity index (χ0n) is 11.5. The van der Waals surface area contributed by atoms with E-state index in [1.807, 2.05) is 36.1 Å². The Hall–Kier alpha value is -1.06. The molecule has 3 rings (SSSR count). The fraction of sp³-hybridized carbons (Fsp3) is 0.533. The third-order valence-electron chi connectivity index (χ3n) is 4.27. The predicted molar refractivity (Wildman–Crippen MR) is 75.8 cm³/mol. The van der Waals surface area contributed by atoms with Crippen LogP contribution < -0.4 is 5.32 Å². The van der Waals surface area contributed by atoms with Gasteiger partial charge in [0.05, 0.1) is 6.04 Å². The van der Waals surface area contributed by atoms with Gasteiger partial charge in [-0.15, -0.1) is 0 Å². The molecule has 1 amide bonds. The van der Waals surface area contributed by atoms with Crippen molar-refractivity contribution in [2.24, 2.45) is 5.41 Å². The van der Waals surface area contributed by atoms with Gasteiger partial charge in [-0.3, -0.25) is 10.1 Å². The Bertz CT molecular complexity index is 529. The van der Waals surface area contributed by atoms with Crippen LogP contribution in [0.1, 0.15) is 38.9 Å². The highest BCUT2D eigenvalue weighted by Crippen LogP contribution is 2.51. The molecular formula is C15H19ClN2O. The molecular weight excluding hydrogens is 260 g/mol. The lowest BCUT2D eigenvalue weighted by Gasteiger charge is -2.26. The van der Waals surface area contributed by atoms with E-state index in [0.29, 0.717) is 11.1 Å². The van der Waals surface area contributed by atoms with Crippen LogP contribution in [-0.4, -0.2) is 22.9 Å². The summed E-state index contributed by atoms with van der Waals surface area (Å²) in [6, 6.07) is 7.96. The van der Waals surface area contributed by atoms with Crippen molar-refractivity contribution in [2.45, 2.75) is 45.4 Å². The maximum Gasteiger partial charge on any atom is 0.241 e. The van der Waals surface area contributed by atoms with Gasteiger partial charge in [0.15, 0.2) is 0 Å². The third-order valence-corrected chi connectivity index (χ3v) is 4.51. The fourth-order valence-electron chi connectivity index (χ4n) is 2.92. The minimum atomic E-state index is -0.125. The van der Waals surface area contributed by atoms with Gasteiger partial charge in [0.25, 0.3) is 0 Å². The lowest BCUT2D eigenvalue weighted by atomic mass is 10.1. The summed E-state index contributed by atoms with van der Waals surface area (Å²) in [5, 5.41) is 4.08. The molecule has 0 bridgehead atoms. The van der Waals surface area contributed by atoms with Gasteiger partial charge in [-0.1, -0.05) is 37.6 Å². The molecule has 102 valence electrons. The van der Waals surface area contributed by atoms with E-state index < -0.39 is 0 Å². The smallest absolute Gasteiger partial charge is 0.241 e. The number of hydrogen-bond donors (Lipinski definition) is 1. The van der Waals surface area contributed by atoms with Crippen LogP contribution in [0.4, 0.5) is 0 Å². The van der Waals surface area contributed by atoms with Crippen molar-refractivity contribution in [3.05, 3.63) is 34.9 Å². The number of carbonyl (C=O) groups excluding carboxylic acids is 1. The molecule has 0 aromatic heterocycles. The van der Waals surface area contributed by atoms with Crippen molar-refractivity contribution < 1.29 is 4.79 Å². The summed E-state index contributed by atoms with van der Waals surface area (Å²) in [7, 11) is 0. The Morgan fingerprint density at radius 3 is 2.68 bits per heavy atom. The van der Waals surface area contributed by atoms with Crippen molar-refractivity contribution in [3.8, 4) is 0 Å². The quantitative estimate of drug-likeness (QED) is 0.902. The fourth-order valence-corrected chi connectivity index (χ4v) is 3.12. The Morgan fingerprint density at radius 1 is 1.42 bits per heavy atom. The van der Waals surface area contributed by atoms with Crippen LogP contribution in [-0.2, 0) is 4.79 Å². The molecule has 3 atom stereocenters. The van der Waals surface area contributed by atoms with Crippen LogP contribution in [0.2, 0.25) is 5.02 Å². The molecule has 2 fully saturated rings. The van der Waals surface area contributed by atoms with E-state index in [-0.39, 0.29) is 23.5 Å². The number of hydrogen-bond acceptors (Lipinski definition) is 2. The van der Waals surface area contributed by atoms with E-state index in [1.54, 1.807) is 0 Å². The molecule has 1 aromatic rings. The molecule has 1 N–H and O–H groups in total. The summed E-state index contributed by atoms with van der Waals surface area (Å²) in [5.41, 5.74) is 1.30. The first-order valence-electron chi connectivity index (χ1n) is 6.74. The van der Waals surface area contributed by atoms with Crippen molar-refractivity contribution >= 4 is 17.5 Å². The second-order valence-corrected chi connectivity index (χ2v) is 6.74. The third kappa shape index (κ3) is 2.15. The molecule has 1 aromatic carbocycles. The Morgan fingerprint density at radius 2 is 2.11 bits per heavy atom. The molecule has 1 saturated heterocycles. The topological polar surface area (TPSA) is 32.3 Å². The molecule has 3 unspecified atom stereocenters. The monoisotopic (exact) mass is 278 g/mol. The second-order valence-electron chi connectivity index (χ2n) is 6.30. The molecule has 1 heterocycles. The predicted octanol–water partition coefficient (Wildman–Crippen LogP) is 2.96. The normalized spacial score (nSPS) is 32.7. The minimum Gasteiger partial charge on any atom is -0.318 e.